The van der Waals surface area contributed by atoms with Gasteiger partial charge < -0.3 is 15.1 Å². The van der Waals surface area contributed by atoms with Crippen LogP contribution in [0.2, 0.25) is 5.02 Å². The average Bonchev–Trinajstić information content (AvgIpc) is 2.86. The number of urea groups is 1. The summed E-state index contributed by atoms with van der Waals surface area (Å²) in [7, 11) is 0. The number of rotatable bonds is 4. The van der Waals surface area contributed by atoms with E-state index < -0.39 is 11.8 Å². The summed E-state index contributed by atoms with van der Waals surface area (Å²) in [6.07, 6.45) is 1.61. The number of oxazole rings is 1. The van der Waals surface area contributed by atoms with Gasteiger partial charge in [-0.3, -0.25) is 4.57 Å². The highest BCUT2D eigenvalue weighted by Gasteiger charge is 2.11. The van der Waals surface area contributed by atoms with Crippen molar-refractivity contribution in [1.29, 1.82) is 0 Å². The number of anilines is 2. The average molecular weight is 358 g/mol. The quantitative estimate of drug-likeness (QED) is 0.680. The van der Waals surface area contributed by atoms with E-state index in [9.17, 15) is 9.59 Å². The molecule has 0 saturated carbocycles. The normalized spacial score (nSPS) is 10.6. The van der Waals surface area contributed by atoms with Gasteiger partial charge in [0.1, 0.15) is 0 Å². The number of allylic oxidation sites excluding steroid dienone is 1. The van der Waals surface area contributed by atoms with E-state index in [4.69, 9.17) is 16.0 Å². The molecule has 1 heterocycles. The molecule has 1 aromatic heterocycles. The zero-order valence-electron chi connectivity index (χ0n) is 13.5. The van der Waals surface area contributed by atoms with E-state index in [0.29, 0.717) is 34.0 Å². The van der Waals surface area contributed by atoms with Crippen LogP contribution < -0.4 is 16.4 Å². The van der Waals surface area contributed by atoms with E-state index in [1.54, 1.807) is 36.4 Å². The molecule has 128 valence electrons. The first-order valence-corrected chi connectivity index (χ1v) is 7.94. The molecule has 0 radical (unpaired) electrons. The van der Waals surface area contributed by atoms with Gasteiger partial charge in [0, 0.05) is 29.0 Å². The van der Waals surface area contributed by atoms with Crippen LogP contribution in [0.1, 0.15) is 5.56 Å². The van der Waals surface area contributed by atoms with Crippen LogP contribution in [-0.4, -0.2) is 10.6 Å². The predicted octanol–water partition coefficient (Wildman–Crippen LogP) is 4.39. The Morgan fingerprint density at radius 2 is 2.08 bits per heavy atom. The minimum absolute atomic E-state index is 0.354. The van der Waals surface area contributed by atoms with Gasteiger partial charge in [0.2, 0.25) is 0 Å². The zero-order chi connectivity index (χ0) is 18.0. The standard InChI is InChI=1S/C18H16ClN3O3/c1-3-8-22-15-7-6-13(10-16(15)25-18(22)24)20-17(23)21-14-9-12(19)5-4-11(14)2/h3-7,9-10H,1,8H2,2H3,(H2,20,21,23). The molecule has 2 aromatic carbocycles. The first kappa shape index (κ1) is 16.9. The van der Waals surface area contributed by atoms with Gasteiger partial charge in [-0.2, -0.15) is 0 Å². The van der Waals surface area contributed by atoms with Crippen LogP contribution in [0.3, 0.4) is 0 Å². The van der Waals surface area contributed by atoms with E-state index >= 15 is 0 Å². The van der Waals surface area contributed by atoms with Crippen molar-refractivity contribution in [3.05, 3.63) is 70.2 Å². The molecule has 0 aliphatic rings. The molecule has 0 fully saturated rings. The molecule has 0 atom stereocenters. The monoisotopic (exact) mass is 357 g/mol. The van der Waals surface area contributed by atoms with E-state index in [1.807, 2.05) is 13.0 Å². The molecule has 0 unspecified atom stereocenters. The molecular formula is C18H16ClN3O3. The number of fused-ring (bicyclic) bond motifs is 1. The summed E-state index contributed by atoms with van der Waals surface area (Å²) in [4.78, 5) is 24.0. The van der Waals surface area contributed by atoms with Gasteiger partial charge in [0.15, 0.2) is 5.58 Å². The summed E-state index contributed by atoms with van der Waals surface area (Å²) in [5, 5.41) is 5.98. The number of benzene rings is 2. The Balaban J connectivity index is 1.80. The highest BCUT2D eigenvalue weighted by atomic mass is 35.5. The van der Waals surface area contributed by atoms with Gasteiger partial charge in [-0.15, -0.1) is 6.58 Å². The Bertz CT molecular complexity index is 1020. The number of halogens is 1. The highest BCUT2D eigenvalue weighted by molar-refractivity contribution is 6.31. The van der Waals surface area contributed by atoms with Crippen LogP contribution in [0.25, 0.3) is 11.1 Å². The second-order valence-corrected chi connectivity index (χ2v) is 5.92. The summed E-state index contributed by atoms with van der Waals surface area (Å²) in [6, 6.07) is 9.84. The van der Waals surface area contributed by atoms with Crippen molar-refractivity contribution in [2.24, 2.45) is 0 Å². The fourth-order valence-corrected chi connectivity index (χ4v) is 2.63. The molecule has 7 heteroatoms. The van der Waals surface area contributed by atoms with Crippen LogP contribution in [0, 0.1) is 6.92 Å². The molecule has 0 bridgehead atoms. The molecule has 3 rings (SSSR count). The lowest BCUT2D eigenvalue weighted by atomic mass is 10.2. The summed E-state index contributed by atoms with van der Waals surface area (Å²) >= 11 is 5.95. The van der Waals surface area contributed by atoms with Crippen LogP contribution in [-0.2, 0) is 6.54 Å². The maximum absolute atomic E-state index is 12.2. The number of amides is 2. The van der Waals surface area contributed by atoms with E-state index in [0.717, 1.165) is 5.56 Å². The predicted molar refractivity (Wildman–Crippen MR) is 99.5 cm³/mol. The summed E-state index contributed by atoms with van der Waals surface area (Å²) in [6.45, 7) is 5.84. The minimum atomic E-state index is -0.467. The maximum atomic E-state index is 12.2. The van der Waals surface area contributed by atoms with E-state index in [1.165, 1.54) is 4.57 Å². The maximum Gasteiger partial charge on any atom is 0.420 e. The summed E-state index contributed by atoms with van der Waals surface area (Å²) < 4.78 is 6.66. The summed E-state index contributed by atoms with van der Waals surface area (Å²) in [5.41, 5.74) is 3.05. The van der Waals surface area contributed by atoms with Gasteiger partial charge in [-0.05, 0) is 36.8 Å². The molecule has 0 aliphatic heterocycles. The molecule has 2 N–H and O–H groups in total. The van der Waals surface area contributed by atoms with Gasteiger partial charge in [0.05, 0.1) is 5.52 Å². The highest BCUT2D eigenvalue weighted by Crippen LogP contribution is 2.22. The van der Waals surface area contributed by atoms with Gasteiger partial charge in [-0.25, -0.2) is 9.59 Å². The third-order valence-electron chi connectivity index (χ3n) is 3.69. The lowest BCUT2D eigenvalue weighted by molar-refractivity contribution is 0.262. The van der Waals surface area contributed by atoms with Crippen LogP contribution in [0.15, 0.2) is 58.3 Å². The summed E-state index contributed by atoms with van der Waals surface area (Å²) in [5.74, 6) is -0.467. The number of nitrogens with zero attached hydrogens (tertiary/aromatic N) is 1. The van der Waals surface area contributed by atoms with Gasteiger partial charge in [-0.1, -0.05) is 23.7 Å². The molecule has 0 aliphatic carbocycles. The zero-order valence-corrected chi connectivity index (χ0v) is 14.3. The number of carbonyl (C=O) groups is 1. The topological polar surface area (TPSA) is 76.3 Å². The number of carbonyl (C=O) groups excluding carboxylic acids is 1. The Kier molecular flexibility index (Phi) is 4.63. The van der Waals surface area contributed by atoms with Crippen molar-refractivity contribution in [1.82, 2.24) is 4.57 Å². The molecular weight excluding hydrogens is 342 g/mol. The number of hydrogen-bond acceptors (Lipinski definition) is 3. The van der Waals surface area contributed by atoms with Crippen LogP contribution >= 0.6 is 11.6 Å². The first-order chi connectivity index (χ1) is 12.0. The Hall–Kier alpha value is -2.99. The largest absolute Gasteiger partial charge is 0.420 e. The van der Waals surface area contributed by atoms with Crippen molar-refractivity contribution in [3.63, 3.8) is 0 Å². The molecule has 0 saturated heterocycles. The first-order valence-electron chi connectivity index (χ1n) is 7.56. The Morgan fingerprint density at radius 3 is 2.84 bits per heavy atom. The number of nitrogens with one attached hydrogen (secondary N) is 2. The van der Waals surface area contributed by atoms with Crippen molar-refractivity contribution in [2.75, 3.05) is 10.6 Å². The molecule has 6 nitrogen and oxygen atoms in total. The second kappa shape index (κ2) is 6.86. The number of hydrogen-bond donors (Lipinski definition) is 2. The Morgan fingerprint density at radius 1 is 1.28 bits per heavy atom. The van der Waals surface area contributed by atoms with Crippen molar-refractivity contribution in [3.8, 4) is 0 Å². The van der Waals surface area contributed by atoms with Gasteiger partial charge >= 0.3 is 11.8 Å². The Labute approximate surface area is 148 Å². The molecule has 2 amide bonds. The lowest BCUT2D eigenvalue weighted by Crippen LogP contribution is -2.19. The molecule has 0 spiro atoms. The fourth-order valence-electron chi connectivity index (χ4n) is 2.46. The smallest absolute Gasteiger partial charge is 0.408 e. The van der Waals surface area contributed by atoms with Gasteiger partial charge in [0.25, 0.3) is 0 Å². The van der Waals surface area contributed by atoms with Crippen molar-refractivity contribution in [2.45, 2.75) is 13.5 Å². The van der Waals surface area contributed by atoms with Crippen molar-refractivity contribution < 1.29 is 9.21 Å². The third kappa shape index (κ3) is 3.59. The van der Waals surface area contributed by atoms with E-state index in [2.05, 4.69) is 17.2 Å². The second-order valence-electron chi connectivity index (χ2n) is 5.49. The minimum Gasteiger partial charge on any atom is -0.408 e. The van der Waals surface area contributed by atoms with Crippen LogP contribution in [0.5, 0.6) is 0 Å². The van der Waals surface area contributed by atoms with Crippen molar-refractivity contribution >= 4 is 40.1 Å². The van der Waals surface area contributed by atoms with Crippen LogP contribution in [0.4, 0.5) is 16.2 Å². The molecule has 25 heavy (non-hydrogen) atoms. The van der Waals surface area contributed by atoms with E-state index in [-0.39, 0.29) is 0 Å². The number of aromatic nitrogens is 1. The fraction of sp³-hybridized carbons (Fsp3) is 0.111. The SMILES string of the molecule is C=CCn1c(=O)oc2cc(NC(=O)Nc3cc(Cl)ccc3C)ccc21. The number of aryl methyl sites for hydroxylation is 1. The lowest BCUT2D eigenvalue weighted by Gasteiger charge is -2.10. The molecule has 3 aromatic rings. The third-order valence-corrected chi connectivity index (χ3v) is 3.92.